The minimum atomic E-state index is -1.02. The van der Waals surface area contributed by atoms with E-state index in [1.54, 1.807) is 12.1 Å². The van der Waals surface area contributed by atoms with Crippen LogP contribution in [0.4, 0.5) is 0 Å². The molecule has 0 aliphatic heterocycles. The number of aryl methyl sites for hydroxylation is 1. The number of hydrogen-bond donors (Lipinski definition) is 1. The number of hydrogen-bond acceptors (Lipinski definition) is 3. The Morgan fingerprint density at radius 3 is 1.77 bits per heavy atom. The first-order valence-corrected chi connectivity index (χ1v) is 8.31. The summed E-state index contributed by atoms with van der Waals surface area (Å²) in [7, 11) is 0. The van der Waals surface area contributed by atoms with Crippen LogP contribution in [0.5, 0.6) is 5.75 Å². The molecular weight excluding hydrogens is 328 g/mol. The maximum atomic E-state index is 12.2. The molecule has 0 amide bonds. The SMILES string of the molecule is CCc1ccc(-c2ccc(C(=O)Oc3ccc(C(=O)O)cc3)cc2)cc1. The Labute approximate surface area is 151 Å². The molecule has 4 nitrogen and oxygen atoms in total. The first-order chi connectivity index (χ1) is 12.6. The molecule has 0 spiro atoms. The minimum Gasteiger partial charge on any atom is -0.478 e. The molecule has 3 rings (SSSR count). The maximum absolute atomic E-state index is 12.2. The lowest BCUT2D eigenvalue weighted by Crippen LogP contribution is -2.08. The summed E-state index contributed by atoms with van der Waals surface area (Å²) in [5.41, 5.74) is 3.97. The Morgan fingerprint density at radius 2 is 1.27 bits per heavy atom. The number of esters is 1. The first kappa shape index (κ1) is 17.4. The molecule has 0 bridgehead atoms. The highest BCUT2D eigenvalue weighted by atomic mass is 16.5. The highest BCUT2D eigenvalue weighted by Gasteiger charge is 2.10. The van der Waals surface area contributed by atoms with Gasteiger partial charge < -0.3 is 9.84 Å². The standard InChI is InChI=1S/C22H18O4/c1-2-15-3-5-16(6-4-15)17-7-9-19(10-8-17)22(25)26-20-13-11-18(12-14-20)21(23)24/h3-14H,2H2,1H3,(H,23,24). The molecule has 0 unspecified atom stereocenters. The summed E-state index contributed by atoms with van der Waals surface area (Å²) in [6.45, 7) is 2.12. The molecule has 4 heteroatoms. The molecule has 130 valence electrons. The number of aromatic carboxylic acids is 1. The number of benzene rings is 3. The molecule has 0 radical (unpaired) electrons. The van der Waals surface area contributed by atoms with Crippen LogP contribution in [0.1, 0.15) is 33.2 Å². The van der Waals surface area contributed by atoms with Gasteiger partial charge in [-0.15, -0.1) is 0 Å². The van der Waals surface area contributed by atoms with Crippen molar-refractivity contribution < 1.29 is 19.4 Å². The Balaban J connectivity index is 1.70. The van der Waals surface area contributed by atoms with Crippen molar-refractivity contribution in [1.82, 2.24) is 0 Å². The summed E-state index contributed by atoms with van der Waals surface area (Å²) in [6.07, 6.45) is 0.999. The van der Waals surface area contributed by atoms with Gasteiger partial charge in [-0.05, 0) is 59.5 Å². The van der Waals surface area contributed by atoms with Crippen molar-refractivity contribution in [2.45, 2.75) is 13.3 Å². The van der Waals surface area contributed by atoms with Gasteiger partial charge >= 0.3 is 11.9 Å². The largest absolute Gasteiger partial charge is 0.478 e. The molecule has 0 aliphatic carbocycles. The zero-order valence-electron chi connectivity index (χ0n) is 14.3. The van der Waals surface area contributed by atoms with E-state index in [0.717, 1.165) is 17.5 Å². The summed E-state index contributed by atoms with van der Waals surface area (Å²) in [5.74, 6) is -1.20. The van der Waals surface area contributed by atoms with Crippen molar-refractivity contribution in [1.29, 1.82) is 0 Å². The first-order valence-electron chi connectivity index (χ1n) is 8.31. The summed E-state index contributed by atoms with van der Waals surface area (Å²) in [5, 5.41) is 8.88. The molecule has 0 fully saturated rings. The van der Waals surface area contributed by atoms with Crippen molar-refractivity contribution in [3.8, 4) is 16.9 Å². The summed E-state index contributed by atoms with van der Waals surface area (Å²) in [6, 6.07) is 21.2. The number of ether oxygens (including phenoxy) is 1. The molecule has 0 heterocycles. The fraction of sp³-hybridized carbons (Fsp3) is 0.0909. The molecule has 3 aromatic carbocycles. The van der Waals surface area contributed by atoms with Gasteiger partial charge in [0.1, 0.15) is 5.75 Å². The molecule has 0 saturated heterocycles. The van der Waals surface area contributed by atoms with Gasteiger partial charge in [-0.1, -0.05) is 43.3 Å². The second-order valence-electron chi connectivity index (χ2n) is 5.85. The van der Waals surface area contributed by atoms with Gasteiger partial charge in [0.2, 0.25) is 0 Å². The highest BCUT2D eigenvalue weighted by Crippen LogP contribution is 2.21. The molecule has 3 aromatic rings. The molecule has 0 atom stereocenters. The van der Waals surface area contributed by atoms with Crippen LogP contribution < -0.4 is 4.74 Å². The van der Waals surface area contributed by atoms with Gasteiger partial charge in [0, 0.05) is 0 Å². The fourth-order valence-corrected chi connectivity index (χ4v) is 2.56. The normalized spacial score (nSPS) is 10.3. The van der Waals surface area contributed by atoms with E-state index in [1.807, 2.05) is 12.1 Å². The van der Waals surface area contributed by atoms with Gasteiger partial charge in [0.05, 0.1) is 11.1 Å². The second kappa shape index (κ2) is 7.66. The average Bonchev–Trinajstić information content (AvgIpc) is 2.68. The zero-order chi connectivity index (χ0) is 18.5. The fourth-order valence-electron chi connectivity index (χ4n) is 2.56. The molecular formula is C22H18O4. The second-order valence-corrected chi connectivity index (χ2v) is 5.85. The zero-order valence-corrected chi connectivity index (χ0v) is 14.3. The lowest BCUT2D eigenvalue weighted by atomic mass is 10.0. The van der Waals surface area contributed by atoms with Crippen LogP contribution in [0.3, 0.4) is 0 Å². The van der Waals surface area contributed by atoms with Crippen LogP contribution in [0.15, 0.2) is 72.8 Å². The predicted octanol–water partition coefficient (Wildman–Crippen LogP) is 4.83. The van der Waals surface area contributed by atoms with E-state index in [0.29, 0.717) is 11.3 Å². The van der Waals surface area contributed by atoms with Gasteiger partial charge in [0.15, 0.2) is 0 Å². The van der Waals surface area contributed by atoms with Gasteiger partial charge in [-0.2, -0.15) is 0 Å². The van der Waals surface area contributed by atoms with Crippen molar-refractivity contribution in [3.63, 3.8) is 0 Å². The number of carboxylic acid groups (broad SMARTS) is 1. The quantitative estimate of drug-likeness (QED) is 0.531. The van der Waals surface area contributed by atoms with Crippen LogP contribution in [0, 0.1) is 0 Å². The smallest absolute Gasteiger partial charge is 0.343 e. The Hall–Kier alpha value is -3.40. The van der Waals surface area contributed by atoms with Crippen LogP contribution in [-0.4, -0.2) is 17.0 Å². The minimum absolute atomic E-state index is 0.142. The topological polar surface area (TPSA) is 63.6 Å². The van der Waals surface area contributed by atoms with E-state index in [4.69, 9.17) is 9.84 Å². The van der Waals surface area contributed by atoms with Gasteiger partial charge in [0.25, 0.3) is 0 Å². The molecule has 0 aliphatic rings. The Kier molecular flexibility index (Phi) is 5.13. The monoisotopic (exact) mass is 346 g/mol. The van der Waals surface area contributed by atoms with Gasteiger partial charge in [-0.25, -0.2) is 9.59 Å². The van der Waals surface area contributed by atoms with E-state index in [2.05, 4.69) is 31.2 Å². The number of carbonyl (C=O) groups excluding carboxylic acids is 1. The summed E-state index contributed by atoms with van der Waals surface area (Å²) in [4.78, 5) is 23.1. The maximum Gasteiger partial charge on any atom is 0.343 e. The van der Waals surface area contributed by atoms with Crippen molar-refractivity contribution in [3.05, 3.63) is 89.5 Å². The lowest BCUT2D eigenvalue weighted by Gasteiger charge is -2.07. The molecule has 1 N–H and O–H groups in total. The van der Waals surface area contributed by atoms with E-state index < -0.39 is 11.9 Å². The Morgan fingerprint density at radius 1 is 0.769 bits per heavy atom. The molecule has 26 heavy (non-hydrogen) atoms. The number of carboxylic acids is 1. The third kappa shape index (κ3) is 3.98. The van der Waals surface area contributed by atoms with Crippen LogP contribution in [-0.2, 0) is 6.42 Å². The summed E-state index contributed by atoms with van der Waals surface area (Å²) < 4.78 is 5.28. The number of carbonyl (C=O) groups is 2. The third-order valence-corrected chi connectivity index (χ3v) is 4.13. The third-order valence-electron chi connectivity index (χ3n) is 4.13. The Bertz CT molecular complexity index is 908. The van der Waals surface area contributed by atoms with Crippen LogP contribution >= 0.6 is 0 Å². The molecule has 0 aromatic heterocycles. The van der Waals surface area contributed by atoms with E-state index in [1.165, 1.54) is 29.8 Å². The van der Waals surface area contributed by atoms with Crippen LogP contribution in [0.25, 0.3) is 11.1 Å². The van der Waals surface area contributed by atoms with E-state index in [-0.39, 0.29) is 5.56 Å². The van der Waals surface area contributed by atoms with E-state index in [9.17, 15) is 9.59 Å². The van der Waals surface area contributed by atoms with Gasteiger partial charge in [-0.3, -0.25) is 0 Å². The van der Waals surface area contributed by atoms with Crippen molar-refractivity contribution in [2.75, 3.05) is 0 Å². The van der Waals surface area contributed by atoms with Crippen molar-refractivity contribution in [2.24, 2.45) is 0 Å². The average molecular weight is 346 g/mol. The number of rotatable bonds is 5. The lowest BCUT2D eigenvalue weighted by molar-refractivity contribution is 0.0696. The predicted molar refractivity (Wildman–Crippen MR) is 99.6 cm³/mol. The molecule has 0 saturated carbocycles. The van der Waals surface area contributed by atoms with Crippen LogP contribution in [0.2, 0.25) is 0 Å². The van der Waals surface area contributed by atoms with Crippen molar-refractivity contribution >= 4 is 11.9 Å². The van der Waals surface area contributed by atoms with E-state index >= 15 is 0 Å². The highest BCUT2D eigenvalue weighted by molar-refractivity contribution is 5.92. The summed E-state index contributed by atoms with van der Waals surface area (Å²) >= 11 is 0.